The third-order valence-corrected chi connectivity index (χ3v) is 8.49. The highest BCUT2D eigenvalue weighted by Gasteiger charge is 2.42. The number of piperidine rings is 1. The van der Waals surface area contributed by atoms with Crippen LogP contribution in [-0.2, 0) is 29.6 Å². The third kappa shape index (κ3) is 4.60. The molecule has 10 nitrogen and oxygen atoms in total. The topological polar surface area (TPSA) is 130 Å². The summed E-state index contributed by atoms with van der Waals surface area (Å²) in [6.07, 6.45) is 0.499. The van der Waals surface area contributed by atoms with Gasteiger partial charge in [-0.25, -0.2) is 30.7 Å². The molecular weight excluding hydrogens is 434 g/mol. The van der Waals surface area contributed by atoms with Crippen molar-refractivity contribution in [3.63, 3.8) is 0 Å². The molecule has 166 valence electrons. The minimum absolute atomic E-state index is 0.0313. The number of ether oxygens (including phenoxy) is 1. The maximum Gasteiger partial charge on any atom is 0.409 e. The summed E-state index contributed by atoms with van der Waals surface area (Å²) in [6.45, 7) is 4.32. The second-order valence-electron chi connectivity index (χ2n) is 7.36. The summed E-state index contributed by atoms with van der Waals surface area (Å²) in [7, 11) is -7.59. The van der Waals surface area contributed by atoms with Crippen LogP contribution in [0.4, 0.5) is 10.5 Å². The van der Waals surface area contributed by atoms with Crippen LogP contribution in [0, 0.1) is 5.92 Å². The number of amides is 2. The van der Waals surface area contributed by atoms with Crippen LogP contribution in [0.1, 0.15) is 26.7 Å². The van der Waals surface area contributed by atoms with Gasteiger partial charge >= 0.3 is 6.09 Å². The maximum atomic E-state index is 12.7. The number of nitrogens with one attached hydrogen (secondary N) is 1. The molecule has 2 saturated heterocycles. The zero-order chi connectivity index (χ0) is 22.1. The van der Waals surface area contributed by atoms with Crippen molar-refractivity contribution in [2.45, 2.75) is 37.6 Å². The monoisotopic (exact) mass is 459 g/mol. The van der Waals surface area contributed by atoms with Crippen LogP contribution in [0.3, 0.4) is 0 Å². The van der Waals surface area contributed by atoms with E-state index in [1.807, 2.05) is 0 Å². The summed E-state index contributed by atoms with van der Waals surface area (Å²) in [5, 5.41) is 0. The first-order valence-corrected chi connectivity index (χ1v) is 12.8. The van der Waals surface area contributed by atoms with Crippen LogP contribution in [-0.4, -0.2) is 65.2 Å². The van der Waals surface area contributed by atoms with Crippen molar-refractivity contribution >= 4 is 37.7 Å². The van der Waals surface area contributed by atoms with Gasteiger partial charge in [-0.3, -0.25) is 4.79 Å². The highest BCUT2D eigenvalue weighted by atomic mass is 32.2. The molecule has 12 heteroatoms. The molecule has 0 bridgehead atoms. The molecule has 1 atom stereocenters. The molecule has 0 unspecified atom stereocenters. The molecule has 0 saturated carbocycles. The van der Waals surface area contributed by atoms with Gasteiger partial charge in [0.25, 0.3) is 0 Å². The molecule has 1 aromatic rings. The van der Waals surface area contributed by atoms with Crippen molar-refractivity contribution in [3.8, 4) is 0 Å². The van der Waals surface area contributed by atoms with Crippen LogP contribution < -0.4 is 9.03 Å². The van der Waals surface area contributed by atoms with Gasteiger partial charge in [0.1, 0.15) is 0 Å². The van der Waals surface area contributed by atoms with Gasteiger partial charge in [0.05, 0.1) is 28.9 Å². The first-order chi connectivity index (χ1) is 14.0. The number of carbonyl (C=O) groups excluding carboxylic acids is 2. The Balaban J connectivity index is 1.66. The van der Waals surface area contributed by atoms with Crippen LogP contribution in [0.25, 0.3) is 0 Å². The highest BCUT2D eigenvalue weighted by molar-refractivity contribution is 7.94. The fraction of sp³-hybridized carbons (Fsp3) is 0.556. The molecule has 2 amide bonds. The molecule has 1 N–H and O–H groups in total. The third-order valence-electron chi connectivity index (χ3n) is 5.08. The number of likely N-dealkylation sites (tertiary alicyclic amines) is 1. The molecule has 2 fully saturated rings. The maximum absolute atomic E-state index is 12.7. The molecular formula is C18H25N3O7S2. The Bertz CT molecular complexity index is 1010. The van der Waals surface area contributed by atoms with E-state index in [4.69, 9.17) is 4.74 Å². The second-order valence-corrected chi connectivity index (χ2v) is 10.9. The summed E-state index contributed by atoms with van der Waals surface area (Å²) in [5.41, 5.74) is 0.117. The van der Waals surface area contributed by atoms with E-state index in [9.17, 15) is 26.4 Å². The van der Waals surface area contributed by atoms with Gasteiger partial charge in [-0.15, -0.1) is 0 Å². The SMILES string of the molecule is CCOC(=O)N1CCC(NS(=O)(=O)c2ccc(N3C(=O)[C@@H](C)CS3(=O)=O)cc2)CC1. The Morgan fingerprint density at radius 3 is 2.30 bits per heavy atom. The zero-order valence-electron chi connectivity index (χ0n) is 16.8. The molecule has 30 heavy (non-hydrogen) atoms. The molecule has 0 spiro atoms. The number of carbonyl (C=O) groups is 2. The molecule has 3 rings (SSSR count). The van der Waals surface area contributed by atoms with Gasteiger partial charge in [-0.1, -0.05) is 6.92 Å². The Morgan fingerprint density at radius 2 is 1.80 bits per heavy atom. The lowest BCUT2D eigenvalue weighted by Gasteiger charge is -2.31. The number of anilines is 1. The van der Waals surface area contributed by atoms with E-state index in [0.717, 1.165) is 4.31 Å². The molecule has 0 aromatic heterocycles. The number of benzene rings is 1. The van der Waals surface area contributed by atoms with Crippen molar-refractivity contribution in [1.29, 1.82) is 0 Å². The number of hydrogen-bond acceptors (Lipinski definition) is 7. The van der Waals surface area contributed by atoms with E-state index >= 15 is 0 Å². The van der Waals surface area contributed by atoms with E-state index in [2.05, 4.69) is 4.72 Å². The number of rotatable bonds is 5. The number of nitrogens with zero attached hydrogens (tertiary/aromatic N) is 2. The average molecular weight is 460 g/mol. The van der Waals surface area contributed by atoms with Crippen LogP contribution >= 0.6 is 0 Å². The Hall–Kier alpha value is -2.18. The van der Waals surface area contributed by atoms with Crippen molar-refractivity contribution in [3.05, 3.63) is 24.3 Å². The minimum atomic E-state index is -3.84. The molecule has 1 aromatic carbocycles. The number of sulfonamides is 2. The molecule has 2 aliphatic rings. The van der Waals surface area contributed by atoms with Gasteiger partial charge in [-0.05, 0) is 44.0 Å². The van der Waals surface area contributed by atoms with Crippen LogP contribution in [0.15, 0.2) is 29.2 Å². The highest BCUT2D eigenvalue weighted by Crippen LogP contribution is 2.29. The summed E-state index contributed by atoms with van der Waals surface area (Å²) in [6, 6.07) is 4.84. The standard InChI is InChI=1S/C18H25N3O7S2/c1-3-28-18(23)20-10-8-14(9-11-20)19-30(26,27)16-6-4-15(5-7-16)21-17(22)13(2)12-29(21,24)25/h4-7,13-14,19H,3,8-12H2,1-2H3/t13-/m0/s1. The van der Waals surface area contributed by atoms with Crippen LogP contribution in [0.5, 0.6) is 0 Å². The summed E-state index contributed by atoms with van der Waals surface area (Å²) < 4.78 is 58.0. The van der Waals surface area contributed by atoms with Crippen molar-refractivity contribution in [1.82, 2.24) is 9.62 Å². The van der Waals surface area contributed by atoms with Crippen molar-refractivity contribution < 1.29 is 31.2 Å². The summed E-state index contributed by atoms with van der Waals surface area (Å²) in [5.74, 6) is -1.43. The molecule has 2 aliphatic heterocycles. The quantitative estimate of drug-likeness (QED) is 0.692. The fourth-order valence-corrected chi connectivity index (χ4v) is 6.66. The van der Waals surface area contributed by atoms with E-state index in [0.29, 0.717) is 25.9 Å². The predicted molar refractivity (Wildman–Crippen MR) is 109 cm³/mol. The fourth-order valence-electron chi connectivity index (χ4n) is 3.53. The summed E-state index contributed by atoms with van der Waals surface area (Å²) >= 11 is 0. The Labute approximate surface area is 176 Å². The average Bonchev–Trinajstić information content (AvgIpc) is 2.89. The van der Waals surface area contributed by atoms with E-state index in [-0.39, 0.29) is 29.0 Å². The molecule has 0 aliphatic carbocycles. The normalized spacial score (nSPS) is 22.3. The van der Waals surface area contributed by atoms with E-state index in [1.165, 1.54) is 36.1 Å². The number of hydrogen-bond donors (Lipinski definition) is 1. The molecule has 0 radical (unpaired) electrons. The lowest BCUT2D eigenvalue weighted by Crippen LogP contribution is -2.46. The first kappa shape index (κ1) is 22.5. The van der Waals surface area contributed by atoms with Crippen molar-refractivity contribution in [2.75, 3.05) is 29.8 Å². The Morgan fingerprint density at radius 1 is 1.20 bits per heavy atom. The van der Waals surface area contributed by atoms with Crippen LogP contribution in [0.2, 0.25) is 0 Å². The predicted octanol–water partition coefficient (Wildman–Crippen LogP) is 0.898. The Kier molecular flexibility index (Phi) is 6.39. The largest absolute Gasteiger partial charge is 0.450 e. The zero-order valence-corrected chi connectivity index (χ0v) is 18.4. The van der Waals surface area contributed by atoms with Gasteiger partial charge in [0.2, 0.25) is 26.0 Å². The van der Waals surface area contributed by atoms with Gasteiger partial charge < -0.3 is 9.64 Å². The van der Waals surface area contributed by atoms with Gasteiger partial charge in [0.15, 0.2) is 0 Å². The first-order valence-electron chi connectivity index (χ1n) is 9.66. The van der Waals surface area contributed by atoms with E-state index < -0.39 is 38.0 Å². The van der Waals surface area contributed by atoms with Gasteiger partial charge in [-0.2, -0.15) is 0 Å². The van der Waals surface area contributed by atoms with E-state index in [1.54, 1.807) is 6.92 Å². The summed E-state index contributed by atoms with van der Waals surface area (Å²) in [4.78, 5) is 25.4. The second kappa shape index (κ2) is 8.52. The van der Waals surface area contributed by atoms with Crippen molar-refractivity contribution in [2.24, 2.45) is 5.92 Å². The lowest BCUT2D eigenvalue weighted by molar-refractivity contribution is -0.119. The minimum Gasteiger partial charge on any atom is -0.450 e. The van der Waals surface area contributed by atoms with Gasteiger partial charge in [0, 0.05) is 19.1 Å². The lowest BCUT2D eigenvalue weighted by atomic mass is 10.1. The molecule has 2 heterocycles. The smallest absolute Gasteiger partial charge is 0.409 e.